The summed E-state index contributed by atoms with van der Waals surface area (Å²) in [6.45, 7) is 4.28. The van der Waals surface area contributed by atoms with Crippen LogP contribution in [0.25, 0.3) is 0 Å². The van der Waals surface area contributed by atoms with Crippen molar-refractivity contribution in [3.63, 3.8) is 0 Å². The fraction of sp³-hybridized carbons (Fsp3) is 0.368. The van der Waals surface area contributed by atoms with Gasteiger partial charge in [0.05, 0.1) is 10.0 Å². The number of piperidine rings is 1. The molecule has 1 aliphatic rings. The number of carbonyl (C=O) groups is 1. The first-order valence-electron chi connectivity index (χ1n) is 8.24. The van der Waals surface area contributed by atoms with Gasteiger partial charge in [-0.1, -0.05) is 19.1 Å². The summed E-state index contributed by atoms with van der Waals surface area (Å²) in [4.78, 5) is 18.8. The summed E-state index contributed by atoms with van der Waals surface area (Å²) in [6.07, 6.45) is 5.53. The van der Waals surface area contributed by atoms with Crippen molar-refractivity contribution in [1.29, 1.82) is 0 Å². The number of pyridine rings is 1. The van der Waals surface area contributed by atoms with E-state index < -0.39 is 0 Å². The molecule has 3 rings (SSSR count). The summed E-state index contributed by atoms with van der Waals surface area (Å²) in [6, 6.07) is 9.59. The lowest BCUT2D eigenvalue weighted by Crippen LogP contribution is -2.38. The van der Waals surface area contributed by atoms with Crippen molar-refractivity contribution >= 4 is 21.8 Å². The van der Waals surface area contributed by atoms with Gasteiger partial charge in [-0.25, -0.2) is 0 Å². The van der Waals surface area contributed by atoms with Crippen LogP contribution < -0.4 is 4.74 Å². The molecule has 0 unspecified atom stereocenters. The van der Waals surface area contributed by atoms with Gasteiger partial charge in [0.1, 0.15) is 12.4 Å². The number of hydrogen-bond donors (Lipinski definition) is 0. The summed E-state index contributed by atoms with van der Waals surface area (Å²) in [5, 5.41) is 0. The average Bonchev–Trinajstić information content (AvgIpc) is 2.61. The van der Waals surface area contributed by atoms with Crippen LogP contribution in [0.1, 0.15) is 35.7 Å². The van der Waals surface area contributed by atoms with Crippen molar-refractivity contribution in [2.24, 2.45) is 5.92 Å². The highest BCUT2D eigenvalue weighted by atomic mass is 79.9. The quantitative estimate of drug-likeness (QED) is 0.783. The Hall–Kier alpha value is -1.88. The van der Waals surface area contributed by atoms with Gasteiger partial charge in [0.15, 0.2) is 0 Å². The van der Waals surface area contributed by atoms with Crippen LogP contribution in [0.5, 0.6) is 5.75 Å². The van der Waals surface area contributed by atoms with Gasteiger partial charge in [0, 0.05) is 31.0 Å². The van der Waals surface area contributed by atoms with E-state index in [-0.39, 0.29) is 5.91 Å². The first-order valence-corrected chi connectivity index (χ1v) is 9.03. The molecule has 126 valence electrons. The second-order valence-electron chi connectivity index (χ2n) is 6.28. The van der Waals surface area contributed by atoms with Crippen LogP contribution in [0.3, 0.4) is 0 Å². The number of nitrogens with zero attached hydrogens (tertiary/aromatic N) is 2. The number of likely N-dealkylation sites (tertiary alicyclic amines) is 1. The third kappa shape index (κ3) is 4.15. The molecule has 1 aromatic heterocycles. The van der Waals surface area contributed by atoms with Gasteiger partial charge in [-0.2, -0.15) is 0 Å². The zero-order valence-electron chi connectivity index (χ0n) is 13.7. The van der Waals surface area contributed by atoms with E-state index in [1.165, 1.54) is 0 Å². The summed E-state index contributed by atoms with van der Waals surface area (Å²) in [7, 11) is 0. The standard InChI is InChI=1S/C19H21BrN2O2/c1-14-6-8-22(9-7-14)19(23)16-10-15(11-21-12-16)13-24-18-5-3-2-4-17(18)20/h2-5,10-12,14H,6-9,13H2,1H3. The van der Waals surface area contributed by atoms with Gasteiger partial charge in [-0.05, 0) is 52.9 Å². The third-order valence-electron chi connectivity index (χ3n) is 4.34. The maximum atomic E-state index is 12.6. The second kappa shape index (κ2) is 7.79. The van der Waals surface area contributed by atoms with Crippen LogP contribution in [0, 0.1) is 5.92 Å². The SMILES string of the molecule is CC1CCN(C(=O)c2cncc(COc3ccccc3Br)c2)CC1. The summed E-state index contributed by atoms with van der Waals surface area (Å²) >= 11 is 3.46. The van der Waals surface area contributed by atoms with Crippen LogP contribution >= 0.6 is 15.9 Å². The molecule has 1 saturated heterocycles. The maximum Gasteiger partial charge on any atom is 0.255 e. The largest absolute Gasteiger partial charge is 0.488 e. The Balaban J connectivity index is 1.65. The molecule has 5 heteroatoms. The Morgan fingerprint density at radius 1 is 1.29 bits per heavy atom. The molecule has 2 aromatic rings. The number of halogens is 1. The number of carbonyl (C=O) groups excluding carboxylic acids is 1. The number of ether oxygens (including phenoxy) is 1. The smallest absolute Gasteiger partial charge is 0.255 e. The van der Waals surface area contributed by atoms with E-state index in [4.69, 9.17) is 4.74 Å². The van der Waals surface area contributed by atoms with Gasteiger partial charge < -0.3 is 9.64 Å². The number of amides is 1. The van der Waals surface area contributed by atoms with Gasteiger partial charge in [-0.3, -0.25) is 9.78 Å². The van der Waals surface area contributed by atoms with E-state index in [1.54, 1.807) is 12.4 Å². The zero-order valence-corrected chi connectivity index (χ0v) is 15.3. The molecule has 4 nitrogen and oxygen atoms in total. The van der Waals surface area contributed by atoms with E-state index in [9.17, 15) is 4.79 Å². The van der Waals surface area contributed by atoms with Crippen molar-refractivity contribution < 1.29 is 9.53 Å². The summed E-state index contributed by atoms with van der Waals surface area (Å²) in [5.41, 5.74) is 1.53. The lowest BCUT2D eigenvalue weighted by atomic mass is 9.99. The Bertz CT molecular complexity index is 712. The minimum Gasteiger partial charge on any atom is -0.488 e. The zero-order chi connectivity index (χ0) is 16.9. The molecule has 0 spiro atoms. The van der Waals surface area contributed by atoms with Crippen molar-refractivity contribution in [2.75, 3.05) is 13.1 Å². The van der Waals surface area contributed by atoms with E-state index in [1.807, 2.05) is 35.2 Å². The highest BCUT2D eigenvalue weighted by molar-refractivity contribution is 9.10. The minimum absolute atomic E-state index is 0.0668. The third-order valence-corrected chi connectivity index (χ3v) is 5.00. The van der Waals surface area contributed by atoms with Crippen LogP contribution in [0.15, 0.2) is 47.2 Å². The van der Waals surface area contributed by atoms with Gasteiger partial charge >= 0.3 is 0 Å². The minimum atomic E-state index is 0.0668. The molecule has 24 heavy (non-hydrogen) atoms. The van der Waals surface area contributed by atoms with Crippen molar-refractivity contribution in [2.45, 2.75) is 26.4 Å². The van der Waals surface area contributed by atoms with Crippen molar-refractivity contribution in [3.8, 4) is 5.75 Å². The van der Waals surface area contributed by atoms with Gasteiger partial charge in [0.2, 0.25) is 0 Å². The molecule has 0 saturated carbocycles. The molecule has 2 heterocycles. The van der Waals surface area contributed by atoms with Crippen LogP contribution in [-0.4, -0.2) is 28.9 Å². The number of aromatic nitrogens is 1. The van der Waals surface area contributed by atoms with E-state index in [2.05, 4.69) is 27.8 Å². The van der Waals surface area contributed by atoms with Crippen molar-refractivity contribution in [1.82, 2.24) is 9.88 Å². The molecule has 0 bridgehead atoms. The number of benzene rings is 1. The number of para-hydroxylation sites is 1. The fourth-order valence-corrected chi connectivity index (χ4v) is 3.20. The summed E-state index contributed by atoms with van der Waals surface area (Å²) < 4.78 is 6.72. The van der Waals surface area contributed by atoms with Gasteiger partial charge in [0.25, 0.3) is 5.91 Å². The van der Waals surface area contributed by atoms with E-state index >= 15 is 0 Å². The molecule has 1 aliphatic heterocycles. The second-order valence-corrected chi connectivity index (χ2v) is 7.13. The molecule has 1 fully saturated rings. The van der Waals surface area contributed by atoms with E-state index in [0.29, 0.717) is 18.1 Å². The topological polar surface area (TPSA) is 42.4 Å². The fourth-order valence-electron chi connectivity index (χ4n) is 2.80. The first kappa shape index (κ1) is 17.0. The molecule has 0 radical (unpaired) electrons. The van der Waals surface area contributed by atoms with Gasteiger partial charge in [-0.15, -0.1) is 0 Å². The number of hydrogen-bond acceptors (Lipinski definition) is 3. The summed E-state index contributed by atoms with van der Waals surface area (Å²) in [5.74, 6) is 1.55. The van der Waals surface area contributed by atoms with Crippen LogP contribution in [0.2, 0.25) is 0 Å². The normalized spacial score (nSPS) is 15.3. The van der Waals surface area contributed by atoms with E-state index in [0.717, 1.165) is 41.7 Å². The highest BCUT2D eigenvalue weighted by Crippen LogP contribution is 2.25. The predicted octanol–water partition coefficient (Wildman–Crippen LogP) is 4.30. The predicted molar refractivity (Wildman–Crippen MR) is 97.0 cm³/mol. The van der Waals surface area contributed by atoms with Crippen LogP contribution in [0.4, 0.5) is 0 Å². The molecular weight excluding hydrogens is 368 g/mol. The molecule has 0 aliphatic carbocycles. The average molecular weight is 389 g/mol. The molecule has 0 atom stereocenters. The lowest BCUT2D eigenvalue weighted by Gasteiger charge is -2.30. The molecular formula is C19H21BrN2O2. The Morgan fingerprint density at radius 3 is 2.79 bits per heavy atom. The highest BCUT2D eigenvalue weighted by Gasteiger charge is 2.21. The maximum absolute atomic E-state index is 12.6. The van der Waals surface area contributed by atoms with Crippen LogP contribution in [-0.2, 0) is 6.61 Å². The molecule has 0 N–H and O–H groups in total. The Kier molecular flexibility index (Phi) is 5.51. The Morgan fingerprint density at radius 2 is 2.04 bits per heavy atom. The van der Waals surface area contributed by atoms with Crippen molar-refractivity contribution in [3.05, 3.63) is 58.3 Å². The monoisotopic (exact) mass is 388 g/mol. The first-order chi connectivity index (χ1) is 11.6. The molecule has 1 aromatic carbocycles. The molecule has 1 amide bonds. The number of rotatable bonds is 4. The lowest BCUT2D eigenvalue weighted by molar-refractivity contribution is 0.0696. The Labute approximate surface area is 151 Å².